The van der Waals surface area contributed by atoms with E-state index in [2.05, 4.69) is 155 Å². The Balaban J connectivity index is 1.30. The van der Waals surface area contributed by atoms with Crippen molar-refractivity contribution in [2.24, 2.45) is 0 Å². The Labute approximate surface area is 255 Å². The molecule has 0 saturated heterocycles. The van der Waals surface area contributed by atoms with E-state index in [1.165, 1.54) is 32.6 Å². The molecule has 0 unspecified atom stereocenters. The molecule has 43 heavy (non-hydrogen) atoms. The lowest BCUT2D eigenvalue weighted by molar-refractivity contribution is 1.18. The maximum Gasteiger partial charge on any atom is 0.0547 e. The van der Waals surface area contributed by atoms with E-state index >= 15 is 0 Å². The van der Waals surface area contributed by atoms with E-state index in [9.17, 15) is 0 Å². The summed E-state index contributed by atoms with van der Waals surface area (Å²) in [6.45, 7) is 0. The van der Waals surface area contributed by atoms with Gasteiger partial charge in [0.1, 0.15) is 0 Å². The molecule has 3 heteroatoms. The van der Waals surface area contributed by atoms with Crippen LogP contribution in [0.3, 0.4) is 0 Å². The minimum absolute atomic E-state index is 0.700. The van der Waals surface area contributed by atoms with Gasteiger partial charge in [-0.2, -0.15) is 0 Å². The standard InChI is InChI=1S/C40H27ClN2/c41-31-25-30(26-35(27-31)42(32-12-4-1-5-13-32)33-14-6-2-7-15-33)28-20-22-36-29(24-28)21-23-39-40(36)37-18-10-11-19-38(37)43(39)34-16-8-3-9-17-34/h1-27H. The van der Waals surface area contributed by atoms with Gasteiger partial charge in [-0.15, -0.1) is 0 Å². The largest absolute Gasteiger partial charge is 0.310 e. The molecule has 1 heterocycles. The molecule has 2 nitrogen and oxygen atoms in total. The minimum Gasteiger partial charge on any atom is -0.310 e. The first-order chi connectivity index (χ1) is 21.2. The molecule has 0 bridgehead atoms. The van der Waals surface area contributed by atoms with E-state index in [1.807, 2.05) is 18.2 Å². The van der Waals surface area contributed by atoms with Gasteiger partial charge < -0.3 is 9.47 Å². The lowest BCUT2D eigenvalue weighted by atomic mass is 9.98. The smallest absolute Gasteiger partial charge is 0.0547 e. The molecular formula is C40H27ClN2. The van der Waals surface area contributed by atoms with Gasteiger partial charge >= 0.3 is 0 Å². The Bertz CT molecular complexity index is 2200. The zero-order valence-electron chi connectivity index (χ0n) is 23.4. The van der Waals surface area contributed by atoms with Crippen molar-refractivity contribution >= 4 is 61.2 Å². The number of anilines is 3. The second-order valence-corrected chi connectivity index (χ2v) is 11.2. The minimum atomic E-state index is 0.700. The summed E-state index contributed by atoms with van der Waals surface area (Å²) in [5.41, 5.74) is 8.96. The molecule has 0 fully saturated rings. The Morgan fingerprint density at radius 3 is 1.81 bits per heavy atom. The third-order valence-electron chi connectivity index (χ3n) is 8.17. The van der Waals surface area contributed by atoms with Crippen LogP contribution in [-0.4, -0.2) is 4.57 Å². The number of hydrogen-bond acceptors (Lipinski definition) is 1. The van der Waals surface area contributed by atoms with Gasteiger partial charge in [-0.25, -0.2) is 0 Å². The summed E-state index contributed by atoms with van der Waals surface area (Å²) < 4.78 is 2.36. The van der Waals surface area contributed by atoms with Crippen molar-refractivity contribution in [1.82, 2.24) is 4.57 Å². The normalized spacial score (nSPS) is 11.4. The summed E-state index contributed by atoms with van der Waals surface area (Å²) in [5, 5.41) is 5.67. The molecule has 0 N–H and O–H groups in total. The third-order valence-corrected chi connectivity index (χ3v) is 8.39. The van der Waals surface area contributed by atoms with Gasteiger partial charge in [0.2, 0.25) is 0 Å². The third kappa shape index (κ3) is 4.44. The highest BCUT2D eigenvalue weighted by Gasteiger charge is 2.17. The van der Waals surface area contributed by atoms with E-state index in [0.29, 0.717) is 5.02 Å². The molecule has 0 saturated carbocycles. The van der Waals surface area contributed by atoms with E-state index < -0.39 is 0 Å². The van der Waals surface area contributed by atoms with E-state index in [1.54, 1.807) is 0 Å². The van der Waals surface area contributed by atoms with E-state index in [-0.39, 0.29) is 0 Å². The molecule has 204 valence electrons. The van der Waals surface area contributed by atoms with Crippen LogP contribution in [-0.2, 0) is 0 Å². The highest BCUT2D eigenvalue weighted by molar-refractivity contribution is 6.31. The van der Waals surface area contributed by atoms with Crippen LogP contribution in [0.25, 0.3) is 49.4 Å². The summed E-state index contributed by atoms with van der Waals surface area (Å²) in [6, 6.07) is 57.7. The monoisotopic (exact) mass is 570 g/mol. The maximum atomic E-state index is 6.81. The Hall–Kier alpha value is -5.31. The van der Waals surface area contributed by atoms with Gasteiger partial charge in [0.05, 0.1) is 11.0 Å². The van der Waals surface area contributed by atoms with Crippen LogP contribution < -0.4 is 4.90 Å². The number of halogens is 1. The van der Waals surface area contributed by atoms with Crippen molar-refractivity contribution in [3.8, 4) is 16.8 Å². The van der Waals surface area contributed by atoms with Gasteiger partial charge in [0.15, 0.2) is 0 Å². The number of fused-ring (bicyclic) bond motifs is 5. The SMILES string of the molecule is Clc1cc(-c2ccc3c(ccc4c3c3ccccc3n4-c3ccccc3)c2)cc(N(c2ccccc2)c2ccccc2)c1. The van der Waals surface area contributed by atoms with Crippen molar-refractivity contribution in [3.63, 3.8) is 0 Å². The predicted octanol–water partition coefficient (Wildman–Crippen LogP) is 11.7. The first-order valence-corrected chi connectivity index (χ1v) is 14.8. The first-order valence-electron chi connectivity index (χ1n) is 14.5. The van der Waals surface area contributed by atoms with Crippen LogP contribution in [0.4, 0.5) is 17.1 Å². The van der Waals surface area contributed by atoms with Crippen molar-refractivity contribution in [1.29, 1.82) is 0 Å². The molecular weight excluding hydrogens is 544 g/mol. The predicted molar refractivity (Wildman–Crippen MR) is 183 cm³/mol. The lowest BCUT2D eigenvalue weighted by Gasteiger charge is -2.26. The van der Waals surface area contributed by atoms with Gasteiger partial charge in [0, 0.05) is 38.5 Å². The molecule has 0 aliphatic heterocycles. The van der Waals surface area contributed by atoms with Crippen molar-refractivity contribution in [3.05, 3.63) is 169 Å². The Morgan fingerprint density at radius 2 is 1.09 bits per heavy atom. The van der Waals surface area contributed by atoms with Crippen LogP contribution in [0.5, 0.6) is 0 Å². The highest BCUT2D eigenvalue weighted by atomic mass is 35.5. The van der Waals surface area contributed by atoms with E-state index in [0.717, 1.165) is 33.9 Å². The fourth-order valence-corrected chi connectivity index (χ4v) is 6.53. The van der Waals surface area contributed by atoms with Crippen LogP contribution in [0.15, 0.2) is 164 Å². The van der Waals surface area contributed by atoms with E-state index in [4.69, 9.17) is 11.6 Å². The molecule has 7 aromatic carbocycles. The molecule has 0 spiro atoms. The summed E-state index contributed by atoms with van der Waals surface area (Å²) in [7, 11) is 0. The molecule has 8 aromatic rings. The number of rotatable bonds is 5. The van der Waals surface area contributed by atoms with Gasteiger partial charge in [0.25, 0.3) is 0 Å². The number of aromatic nitrogens is 1. The molecule has 0 aliphatic carbocycles. The molecule has 0 aliphatic rings. The quantitative estimate of drug-likeness (QED) is 0.200. The maximum absolute atomic E-state index is 6.81. The zero-order chi connectivity index (χ0) is 28.8. The molecule has 0 radical (unpaired) electrons. The highest BCUT2D eigenvalue weighted by Crippen LogP contribution is 2.41. The van der Waals surface area contributed by atoms with Crippen LogP contribution in [0, 0.1) is 0 Å². The average molecular weight is 571 g/mol. The molecule has 0 amide bonds. The second kappa shape index (κ2) is 10.5. The Kier molecular flexibility index (Phi) is 6.21. The topological polar surface area (TPSA) is 8.17 Å². The summed E-state index contributed by atoms with van der Waals surface area (Å²) in [4.78, 5) is 2.25. The summed E-state index contributed by atoms with van der Waals surface area (Å²) in [6.07, 6.45) is 0. The number of benzene rings is 7. The van der Waals surface area contributed by atoms with Crippen molar-refractivity contribution in [2.45, 2.75) is 0 Å². The molecule has 0 atom stereocenters. The van der Waals surface area contributed by atoms with Gasteiger partial charge in [-0.3, -0.25) is 0 Å². The fraction of sp³-hybridized carbons (Fsp3) is 0. The van der Waals surface area contributed by atoms with Gasteiger partial charge in [-0.1, -0.05) is 103 Å². The number of nitrogens with zero attached hydrogens (tertiary/aromatic N) is 2. The second-order valence-electron chi connectivity index (χ2n) is 10.8. The summed E-state index contributed by atoms with van der Waals surface area (Å²) in [5.74, 6) is 0. The number of para-hydroxylation sites is 4. The molecule has 8 rings (SSSR count). The van der Waals surface area contributed by atoms with Crippen LogP contribution in [0.1, 0.15) is 0 Å². The first kappa shape index (κ1) is 25.4. The van der Waals surface area contributed by atoms with Crippen LogP contribution >= 0.6 is 11.6 Å². The Morgan fingerprint density at radius 1 is 0.442 bits per heavy atom. The number of hydrogen-bond donors (Lipinski definition) is 0. The zero-order valence-corrected chi connectivity index (χ0v) is 24.1. The summed E-state index contributed by atoms with van der Waals surface area (Å²) >= 11 is 6.81. The van der Waals surface area contributed by atoms with Gasteiger partial charge in [-0.05, 0) is 94.7 Å². The van der Waals surface area contributed by atoms with Crippen molar-refractivity contribution in [2.75, 3.05) is 4.90 Å². The lowest BCUT2D eigenvalue weighted by Crippen LogP contribution is -2.09. The fourth-order valence-electron chi connectivity index (χ4n) is 6.30. The van der Waals surface area contributed by atoms with Crippen molar-refractivity contribution < 1.29 is 0 Å². The molecule has 1 aromatic heterocycles. The van der Waals surface area contributed by atoms with Crippen LogP contribution in [0.2, 0.25) is 5.02 Å². The average Bonchev–Trinajstić information content (AvgIpc) is 3.41.